The van der Waals surface area contributed by atoms with Crippen molar-refractivity contribution in [2.24, 2.45) is 5.92 Å². The van der Waals surface area contributed by atoms with Crippen molar-refractivity contribution in [1.29, 1.82) is 0 Å². The Labute approximate surface area is 152 Å². The molecule has 26 heavy (non-hydrogen) atoms. The molecule has 0 saturated heterocycles. The Bertz CT molecular complexity index is 773. The molecule has 1 aromatic carbocycles. The molecular formula is C19H23N3O4. The van der Waals surface area contributed by atoms with Crippen LogP contribution < -0.4 is 15.4 Å². The lowest BCUT2D eigenvalue weighted by molar-refractivity contribution is -0.136. The molecule has 0 radical (unpaired) electrons. The molecule has 0 bridgehead atoms. The maximum atomic E-state index is 12.2. The molecule has 2 amide bonds. The topological polar surface area (TPSA) is 93.5 Å². The molecule has 138 valence electrons. The number of anilines is 1. The molecule has 0 spiro atoms. The lowest BCUT2D eigenvalue weighted by atomic mass is 9.87. The second-order valence-electron chi connectivity index (χ2n) is 6.68. The summed E-state index contributed by atoms with van der Waals surface area (Å²) in [4.78, 5) is 28.2. The lowest BCUT2D eigenvalue weighted by Gasteiger charge is -2.27. The Morgan fingerprint density at radius 3 is 2.81 bits per heavy atom. The van der Waals surface area contributed by atoms with Crippen LogP contribution in [0.1, 0.15) is 32.6 Å². The van der Waals surface area contributed by atoms with Crippen LogP contribution >= 0.6 is 0 Å². The summed E-state index contributed by atoms with van der Waals surface area (Å²) in [6, 6.07) is 5.15. The van der Waals surface area contributed by atoms with Gasteiger partial charge in [0.25, 0.3) is 0 Å². The molecule has 1 saturated carbocycles. The smallest absolute Gasteiger partial charge is 0.313 e. The third-order valence-corrected chi connectivity index (χ3v) is 4.64. The van der Waals surface area contributed by atoms with Crippen molar-refractivity contribution in [2.75, 3.05) is 12.4 Å². The van der Waals surface area contributed by atoms with Gasteiger partial charge in [0.05, 0.1) is 18.9 Å². The Kier molecular flexibility index (Phi) is 5.55. The molecule has 2 aromatic rings. The molecule has 7 heteroatoms. The van der Waals surface area contributed by atoms with E-state index < -0.39 is 11.8 Å². The molecule has 1 aliphatic rings. The van der Waals surface area contributed by atoms with Gasteiger partial charge in [0.1, 0.15) is 5.75 Å². The summed E-state index contributed by atoms with van der Waals surface area (Å²) in [5, 5.41) is 5.44. The molecule has 1 aliphatic carbocycles. The van der Waals surface area contributed by atoms with Crippen LogP contribution in [0.5, 0.6) is 5.75 Å². The van der Waals surface area contributed by atoms with Crippen molar-refractivity contribution in [3.63, 3.8) is 0 Å². The molecule has 2 N–H and O–H groups in total. The Balaban J connectivity index is 1.64. The zero-order valence-corrected chi connectivity index (χ0v) is 15.0. The summed E-state index contributed by atoms with van der Waals surface area (Å²) < 4.78 is 10.6. The highest BCUT2D eigenvalue weighted by Gasteiger charge is 2.23. The second kappa shape index (κ2) is 8.03. The maximum Gasteiger partial charge on any atom is 0.313 e. The number of rotatable bonds is 4. The van der Waals surface area contributed by atoms with Crippen molar-refractivity contribution in [2.45, 2.75) is 38.6 Å². The lowest BCUT2D eigenvalue weighted by Crippen LogP contribution is -2.43. The van der Waals surface area contributed by atoms with Gasteiger partial charge in [-0.1, -0.05) is 19.8 Å². The Morgan fingerprint density at radius 2 is 2.12 bits per heavy atom. The number of hydrogen-bond acceptors (Lipinski definition) is 5. The number of hydrogen-bond donors (Lipinski definition) is 2. The number of carbonyl (C=O) groups is 2. The average molecular weight is 357 g/mol. The number of nitrogens with one attached hydrogen (secondary N) is 2. The second-order valence-corrected chi connectivity index (χ2v) is 6.68. The van der Waals surface area contributed by atoms with Gasteiger partial charge in [-0.3, -0.25) is 9.59 Å². The SMILES string of the molecule is COc1cc(NC(=O)C(=O)NC2CCCC(C)C2)ccc1-c1cnco1. The minimum absolute atomic E-state index is 0.0698. The molecule has 1 aromatic heterocycles. The quantitative estimate of drug-likeness (QED) is 0.821. The van der Waals surface area contributed by atoms with E-state index in [0.29, 0.717) is 28.7 Å². The van der Waals surface area contributed by atoms with Gasteiger partial charge in [-0.15, -0.1) is 0 Å². The predicted octanol–water partition coefficient (Wildman–Crippen LogP) is 2.98. The molecule has 0 aliphatic heterocycles. The van der Waals surface area contributed by atoms with Gasteiger partial charge in [-0.2, -0.15) is 0 Å². The largest absolute Gasteiger partial charge is 0.496 e. The van der Waals surface area contributed by atoms with Crippen LogP contribution in [0, 0.1) is 5.92 Å². The highest BCUT2D eigenvalue weighted by molar-refractivity contribution is 6.39. The number of methoxy groups -OCH3 is 1. The van der Waals surface area contributed by atoms with Gasteiger partial charge in [-0.05, 0) is 30.9 Å². The highest BCUT2D eigenvalue weighted by atomic mass is 16.5. The summed E-state index contributed by atoms with van der Waals surface area (Å²) >= 11 is 0. The minimum atomic E-state index is -0.683. The molecule has 1 fully saturated rings. The summed E-state index contributed by atoms with van der Waals surface area (Å²) in [6.07, 6.45) is 7.00. The van der Waals surface area contributed by atoms with Crippen LogP contribution in [0.3, 0.4) is 0 Å². The number of carbonyl (C=O) groups excluding carboxylic acids is 2. The summed E-state index contributed by atoms with van der Waals surface area (Å²) in [5.41, 5.74) is 1.19. The molecule has 1 heterocycles. The van der Waals surface area contributed by atoms with E-state index in [0.717, 1.165) is 19.3 Å². The summed E-state index contributed by atoms with van der Waals surface area (Å²) in [5.74, 6) is 0.357. The third-order valence-electron chi connectivity index (χ3n) is 4.64. The van der Waals surface area contributed by atoms with E-state index in [9.17, 15) is 9.59 Å². The number of benzene rings is 1. The van der Waals surface area contributed by atoms with E-state index in [1.165, 1.54) is 19.9 Å². The Hall–Kier alpha value is -2.83. The van der Waals surface area contributed by atoms with Crippen LogP contribution in [0.4, 0.5) is 5.69 Å². The number of aromatic nitrogens is 1. The first-order chi connectivity index (χ1) is 12.6. The maximum absolute atomic E-state index is 12.2. The van der Waals surface area contributed by atoms with Crippen LogP contribution in [-0.4, -0.2) is 29.9 Å². The van der Waals surface area contributed by atoms with Crippen LogP contribution in [0.25, 0.3) is 11.3 Å². The number of amides is 2. The van der Waals surface area contributed by atoms with Gasteiger partial charge in [0, 0.05) is 17.8 Å². The van der Waals surface area contributed by atoms with Gasteiger partial charge < -0.3 is 19.8 Å². The van der Waals surface area contributed by atoms with E-state index in [2.05, 4.69) is 22.5 Å². The van der Waals surface area contributed by atoms with Crippen molar-refractivity contribution in [3.8, 4) is 17.1 Å². The molecular weight excluding hydrogens is 334 g/mol. The molecule has 2 atom stereocenters. The highest BCUT2D eigenvalue weighted by Crippen LogP contribution is 2.32. The Morgan fingerprint density at radius 1 is 1.27 bits per heavy atom. The van der Waals surface area contributed by atoms with E-state index in [1.807, 2.05) is 0 Å². The van der Waals surface area contributed by atoms with Gasteiger partial charge in [0.2, 0.25) is 0 Å². The number of ether oxygens (including phenoxy) is 1. The van der Waals surface area contributed by atoms with Crippen LogP contribution in [0.15, 0.2) is 35.2 Å². The number of nitrogens with zero attached hydrogens (tertiary/aromatic N) is 1. The van der Waals surface area contributed by atoms with E-state index in [-0.39, 0.29) is 6.04 Å². The molecule has 3 rings (SSSR count). The zero-order valence-electron chi connectivity index (χ0n) is 15.0. The normalized spacial score (nSPS) is 19.6. The van der Waals surface area contributed by atoms with Crippen molar-refractivity contribution >= 4 is 17.5 Å². The van der Waals surface area contributed by atoms with Crippen molar-refractivity contribution in [1.82, 2.24) is 10.3 Å². The van der Waals surface area contributed by atoms with E-state index in [4.69, 9.17) is 9.15 Å². The summed E-state index contributed by atoms with van der Waals surface area (Å²) in [6.45, 7) is 2.17. The van der Waals surface area contributed by atoms with Crippen molar-refractivity contribution in [3.05, 3.63) is 30.8 Å². The van der Waals surface area contributed by atoms with Gasteiger partial charge in [-0.25, -0.2) is 4.98 Å². The first kappa shape index (κ1) is 18.0. The fraction of sp³-hybridized carbons (Fsp3) is 0.421. The van der Waals surface area contributed by atoms with Crippen LogP contribution in [-0.2, 0) is 9.59 Å². The fourth-order valence-electron chi connectivity index (χ4n) is 3.33. The number of oxazole rings is 1. The standard InChI is InChI=1S/C19H23N3O4/c1-12-4-3-5-13(8-12)21-18(23)19(24)22-14-6-7-15(16(9-14)25-2)17-10-20-11-26-17/h6-7,9-13H,3-5,8H2,1-2H3,(H,21,23)(H,22,24). The summed E-state index contributed by atoms with van der Waals surface area (Å²) in [7, 11) is 1.53. The average Bonchev–Trinajstić information content (AvgIpc) is 3.16. The molecule has 7 nitrogen and oxygen atoms in total. The van der Waals surface area contributed by atoms with Crippen molar-refractivity contribution < 1.29 is 18.7 Å². The third kappa shape index (κ3) is 4.22. The predicted molar refractivity (Wildman–Crippen MR) is 96.7 cm³/mol. The first-order valence-corrected chi connectivity index (χ1v) is 8.75. The minimum Gasteiger partial charge on any atom is -0.496 e. The van der Waals surface area contributed by atoms with Gasteiger partial charge >= 0.3 is 11.8 Å². The zero-order chi connectivity index (χ0) is 18.5. The van der Waals surface area contributed by atoms with E-state index >= 15 is 0 Å². The van der Waals surface area contributed by atoms with E-state index in [1.54, 1.807) is 24.4 Å². The monoisotopic (exact) mass is 357 g/mol. The van der Waals surface area contributed by atoms with Crippen LogP contribution in [0.2, 0.25) is 0 Å². The first-order valence-electron chi connectivity index (χ1n) is 8.75. The van der Waals surface area contributed by atoms with Gasteiger partial charge in [0.15, 0.2) is 12.2 Å². The molecule has 2 unspecified atom stereocenters. The fourth-order valence-corrected chi connectivity index (χ4v) is 3.33.